The van der Waals surface area contributed by atoms with Crippen LogP contribution in [0.4, 0.5) is 5.82 Å². The molecule has 0 atom stereocenters. The summed E-state index contributed by atoms with van der Waals surface area (Å²) in [5.41, 5.74) is 7.69. The molecule has 0 saturated heterocycles. The lowest BCUT2D eigenvalue weighted by atomic mass is 10.1. The second-order valence-corrected chi connectivity index (χ2v) is 5.10. The number of nitrogens with zero attached hydrogens (tertiary/aromatic N) is 2. The molecule has 1 aliphatic carbocycles. The molecule has 1 heterocycles. The van der Waals surface area contributed by atoms with E-state index >= 15 is 0 Å². The van der Waals surface area contributed by atoms with Gasteiger partial charge in [-0.15, -0.1) is 0 Å². The molecule has 4 nitrogen and oxygen atoms in total. The average molecular weight is 276 g/mol. The van der Waals surface area contributed by atoms with Gasteiger partial charge < -0.3 is 10.5 Å². The van der Waals surface area contributed by atoms with Crippen molar-refractivity contribution >= 4 is 17.4 Å². The number of hydrogen-bond donors (Lipinski definition) is 1. The van der Waals surface area contributed by atoms with E-state index < -0.39 is 0 Å². The van der Waals surface area contributed by atoms with Crippen LogP contribution in [0.2, 0.25) is 5.02 Å². The van der Waals surface area contributed by atoms with Crippen molar-refractivity contribution < 1.29 is 4.74 Å². The molecule has 1 saturated carbocycles. The van der Waals surface area contributed by atoms with E-state index in [0.29, 0.717) is 28.3 Å². The number of hydrogen-bond acceptors (Lipinski definition) is 4. The Morgan fingerprint density at radius 1 is 1.26 bits per heavy atom. The molecule has 2 aromatic rings. The molecule has 2 N–H and O–H groups in total. The fourth-order valence-corrected chi connectivity index (χ4v) is 2.21. The molecular formula is C14H14ClN3O. The maximum atomic E-state index is 5.96. The Bertz CT molecular complexity index is 626. The second kappa shape index (κ2) is 4.70. The summed E-state index contributed by atoms with van der Waals surface area (Å²) in [6.07, 6.45) is 2.35. The van der Waals surface area contributed by atoms with Gasteiger partial charge in [-0.25, -0.2) is 9.97 Å². The van der Waals surface area contributed by atoms with Gasteiger partial charge in [0.05, 0.1) is 12.7 Å². The van der Waals surface area contributed by atoms with E-state index in [4.69, 9.17) is 22.1 Å². The van der Waals surface area contributed by atoms with Gasteiger partial charge in [0.15, 0.2) is 5.82 Å². The molecule has 0 amide bonds. The van der Waals surface area contributed by atoms with E-state index in [1.54, 1.807) is 19.2 Å². The van der Waals surface area contributed by atoms with Crippen molar-refractivity contribution in [2.24, 2.45) is 0 Å². The molecule has 0 aliphatic heterocycles. The number of halogens is 1. The van der Waals surface area contributed by atoms with Crippen LogP contribution in [0, 0.1) is 0 Å². The van der Waals surface area contributed by atoms with Gasteiger partial charge in [-0.05, 0) is 31.0 Å². The standard InChI is InChI=1S/C14H14ClN3O/c1-19-12-6-9(15)4-5-10(12)14-17-11(8-2-3-8)7-13(16)18-14/h4-8H,2-3H2,1H3,(H2,16,17,18). The first-order valence-corrected chi connectivity index (χ1v) is 6.53. The average Bonchev–Trinajstić information content (AvgIpc) is 3.22. The van der Waals surface area contributed by atoms with Crippen LogP contribution in [0.5, 0.6) is 5.75 Å². The Hall–Kier alpha value is -1.81. The van der Waals surface area contributed by atoms with Crippen LogP contribution in [-0.4, -0.2) is 17.1 Å². The van der Waals surface area contributed by atoms with Gasteiger partial charge in [0.25, 0.3) is 0 Å². The molecule has 98 valence electrons. The minimum absolute atomic E-state index is 0.490. The first kappa shape index (κ1) is 12.2. The maximum absolute atomic E-state index is 5.96. The number of nitrogen functional groups attached to an aromatic ring is 1. The summed E-state index contributed by atoms with van der Waals surface area (Å²) in [7, 11) is 1.60. The Morgan fingerprint density at radius 2 is 2.05 bits per heavy atom. The summed E-state index contributed by atoms with van der Waals surface area (Å²) in [6, 6.07) is 7.25. The van der Waals surface area contributed by atoms with Crippen LogP contribution >= 0.6 is 11.6 Å². The Labute approximate surface area is 116 Å². The lowest BCUT2D eigenvalue weighted by Crippen LogP contribution is -2.00. The third-order valence-electron chi connectivity index (χ3n) is 3.17. The molecule has 1 aromatic carbocycles. The van der Waals surface area contributed by atoms with Gasteiger partial charge in [-0.1, -0.05) is 11.6 Å². The highest BCUT2D eigenvalue weighted by Gasteiger charge is 2.26. The van der Waals surface area contributed by atoms with Gasteiger partial charge in [0, 0.05) is 22.7 Å². The number of aromatic nitrogens is 2. The highest BCUT2D eigenvalue weighted by Crippen LogP contribution is 2.40. The van der Waals surface area contributed by atoms with Gasteiger partial charge >= 0.3 is 0 Å². The molecular weight excluding hydrogens is 262 g/mol. The fourth-order valence-electron chi connectivity index (χ4n) is 2.04. The molecule has 0 bridgehead atoms. The normalized spacial score (nSPS) is 14.4. The summed E-state index contributed by atoms with van der Waals surface area (Å²) < 4.78 is 5.33. The predicted octanol–water partition coefficient (Wildman–Crippen LogP) is 3.27. The van der Waals surface area contributed by atoms with Crippen molar-refractivity contribution in [2.45, 2.75) is 18.8 Å². The molecule has 0 unspecified atom stereocenters. The summed E-state index contributed by atoms with van der Waals surface area (Å²) in [6.45, 7) is 0. The van der Waals surface area contributed by atoms with Gasteiger partial charge in [0.1, 0.15) is 11.6 Å². The Morgan fingerprint density at radius 3 is 2.74 bits per heavy atom. The zero-order chi connectivity index (χ0) is 13.4. The highest BCUT2D eigenvalue weighted by atomic mass is 35.5. The zero-order valence-electron chi connectivity index (χ0n) is 10.6. The molecule has 1 aromatic heterocycles. The van der Waals surface area contributed by atoms with Crippen molar-refractivity contribution in [2.75, 3.05) is 12.8 Å². The molecule has 1 fully saturated rings. The molecule has 19 heavy (non-hydrogen) atoms. The van der Waals surface area contributed by atoms with Crippen LogP contribution in [-0.2, 0) is 0 Å². The van der Waals surface area contributed by atoms with Crippen LogP contribution in [0.1, 0.15) is 24.5 Å². The molecule has 0 radical (unpaired) electrons. The van der Waals surface area contributed by atoms with Gasteiger partial charge in [-0.3, -0.25) is 0 Å². The van der Waals surface area contributed by atoms with Crippen LogP contribution in [0.15, 0.2) is 24.3 Å². The number of ether oxygens (including phenoxy) is 1. The number of methoxy groups -OCH3 is 1. The predicted molar refractivity (Wildman–Crippen MR) is 75.4 cm³/mol. The monoisotopic (exact) mass is 275 g/mol. The first-order chi connectivity index (χ1) is 9.17. The van der Waals surface area contributed by atoms with Crippen molar-refractivity contribution in [1.29, 1.82) is 0 Å². The molecule has 0 spiro atoms. The van der Waals surface area contributed by atoms with E-state index in [9.17, 15) is 0 Å². The van der Waals surface area contributed by atoms with Crippen molar-refractivity contribution in [3.8, 4) is 17.1 Å². The van der Waals surface area contributed by atoms with Crippen LogP contribution < -0.4 is 10.5 Å². The summed E-state index contributed by atoms with van der Waals surface area (Å²) in [5.74, 6) is 2.27. The van der Waals surface area contributed by atoms with E-state index in [1.807, 2.05) is 12.1 Å². The summed E-state index contributed by atoms with van der Waals surface area (Å²) >= 11 is 5.96. The van der Waals surface area contributed by atoms with E-state index in [0.717, 1.165) is 11.3 Å². The summed E-state index contributed by atoms with van der Waals surface area (Å²) in [4.78, 5) is 8.89. The van der Waals surface area contributed by atoms with Gasteiger partial charge in [-0.2, -0.15) is 0 Å². The van der Waals surface area contributed by atoms with Crippen molar-refractivity contribution in [3.05, 3.63) is 35.0 Å². The van der Waals surface area contributed by atoms with E-state index in [1.165, 1.54) is 12.8 Å². The second-order valence-electron chi connectivity index (χ2n) is 4.66. The lowest BCUT2D eigenvalue weighted by Gasteiger charge is -2.09. The first-order valence-electron chi connectivity index (χ1n) is 6.16. The summed E-state index contributed by atoms with van der Waals surface area (Å²) in [5, 5.41) is 0.618. The Balaban J connectivity index is 2.10. The van der Waals surface area contributed by atoms with Gasteiger partial charge in [0.2, 0.25) is 0 Å². The lowest BCUT2D eigenvalue weighted by molar-refractivity contribution is 0.416. The van der Waals surface area contributed by atoms with Crippen molar-refractivity contribution in [3.63, 3.8) is 0 Å². The Kier molecular flexibility index (Phi) is 3.03. The fraction of sp³-hybridized carbons (Fsp3) is 0.286. The third kappa shape index (κ3) is 2.49. The molecule has 5 heteroatoms. The van der Waals surface area contributed by atoms with Crippen molar-refractivity contribution in [1.82, 2.24) is 9.97 Å². The third-order valence-corrected chi connectivity index (χ3v) is 3.40. The topological polar surface area (TPSA) is 61.0 Å². The molecule has 3 rings (SSSR count). The number of benzene rings is 1. The number of anilines is 1. The molecule has 1 aliphatic rings. The minimum Gasteiger partial charge on any atom is -0.496 e. The zero-order valence-corrected chi connectivity index (χ0v) is 11.3. The minimum atomic E-state index is 0.490. The number of rotatable bonds is 3. The smallest absolute Gasteiger partial charge is 0.165 e. The highest BCUT2D eigenvalue weighted by molar-refractivity contribution is 6.30. The van der Waals surface area contributed by atoms with Crippen LogP contribution in [0.3, 0.4) is 0 Å². The number of nitrogens with two attached hydrogens (primary N) is 1. The SMILES string of the molecule is COc1cc(Cl)ccc1-c1nc(N)cc(C2CC2)n1. The quantitative estimate of drug-likeness (QED) is 0.934. The maximum Gasteiger partial charge on any atom is 0.165 e. The largest absolute Gasteiger partial charge is 0.496 e. The van der Waals surface area contributed by atoms with Crippen LogP contribution in [0.25, 0.3) is 11.4 Å². The van der Waals surface area contributed by atoms with E-state index in [-0.39, 0.29) is 0 Å². The van der Waals surface area contributed by atoms with E-state index in [2.05, 4.69) is 9.97 Å².